The number of carbonyl (C=O) groups is 8. The van der Waals surface area contributed by atoms with Gasteiger partial charge in [-0.1, -0.05) is 118 Å². The molecule has 412 valence electrons. The molecule has 0 unspecified atom stereocenters. The van der Waals surface area contributed by atoms with Gasteiger partial charge in [-0.05, 0) is 96.4 Å². The molecule has 11 atom stereocenters. The molecule has 17 nitrogen and oxygen atoms in total. The van der Waals surface area contributed by atoms with E-state index in [0.29, 0.717) is 70.9 Å². The third kappa shape index (κ3) is 15.2. The lowest BCUT2D eigenvalue weighted by atomic mass is 9.93. The van der Waals surface area contributed by atoms with Crippen LogP contribution in [0.15, 0.2) is 84.9 Å². The van der Waals surface area contributed by atoms with Gasteiger partial charge in [-0.3, -0.25) is 38.4 Å². The third-order valence-corrected chi connectivity index (χ3v) is 16.4. The number of rotatable bonds is 23. The van der Waals surface area contributed by atoms with Gasteiger partial charge in [-0.25, -0.2) is 0 Å². The van der Waals surface area contributed by atoms with Crippen molar-refractivity contribution in [3.05, 3.63) is 96.1 Å². The summed E-state index contributed by atoms with van der Waals surface area (Å²) in [5.41, 5.74) is 7.62. The summed E-state index contributed by atoms with van der Waals surface area (Å²) >= 11 is 0. The first-order chi connectivity index (χ1) is 37.1. The van der Waals surface area contributed by atoms with Crippen LogP contribution >= 0.6 is 0 Å². The zero-order chi connectivity index (χ0) is 54.6. The zero-order valence-electron chi connectivity index (χ0n) is 44.9. The largest absolute Gasteiger partial charge is 0.370 e. The zero-order valence-corrected chi connectivity index (χ0v) is 44.9. The summed E-state index contributed by atoms with van der Waals surface area (Å²) in [6, 6.07) is 25.3. The molecule has 4 aromatic carbocycles. The molecule has 17 heteroatoms. The normalized spacial score (nSPS) is 24.2. The lowest BCUT2D eigenvalue weighted by molar-refractivity contribution is -0.130. The summed E-state index contributed by atoms with van der Waals surface area (Å²) in [5, 5.41) is 29.1. The first-order valence-electron chi connectivity index (χ1n) is 28.1. The van der Waals surface area contributed by atoms with Gasteiger partial charge in [0.05, 0.1) is 35.6 Å². The highest BCUT2D eigenvalue weighted by Gasteiger charge is 2.41. The van der Waals surface area contributed by atoms with Crippen molar-refractivity contribution < 1.29 is 38.4 Å². The maximum absolute atomic E-state index is 14.1. The predicted octanol–water partition coefficient (Wildman–Crippen LogP) is 4.37. The lowest BCUT2D eigenvalue weighted by Crippen LogP contribution is -2.52. The number of benzene rings is 4. The highest BCUT2D eigenvalue weighted by atomic mass is 16.2. The fourth-order valence-corrected chi connectivity index (χ4v) is 12.6. The molecule has 1 saturated heterocycles. The van der Waals surface area contributed by atoms with Crippen LogP contribution < -0.4 is 48.3 Å². The topological polar surface area (TPSA) is 259 Å². The summed E-state index contributed by atoms with van der Waals surface area (Å²) in [4.78, 5) is 108. The molecule has 77 heavy (non-hydrogen) atoms. The number of nitrogens with one attached hydrogen (secondary N) is 8. The molecule has 10 N–H and O–H groups in total. The molecule has 0 bridgehead atoms. The Hall–Kier alpha value is -6.88. The number of amides is 8. The first kappa shape index (κ1) is 56.3. The van der Waals surface area contributed by atoms with Gasteiger partial charge >= 0.3 is 0 Å². The van der Waals surface area contributed by atoms with Crippen molar-refractivity contribution in [2.24, 2.45) is 41.2 Å². The van der Waals surface area contributed by atoms with Crippen LogP contribution in [0.25, 0.3) is 21.5 Å². The first-order valence-corrected chi connectivity index (χ1v) is 28.1. The molecule has 4 aliphatic rings. The van der Waals surface area contributed by atoms with Crippen molar-refractivity contribution in [3.8, 4) is 0 Å². The van der Waals surface area contributed by atoms with E-state index < -0.39 is 65.7 Å². The van der Waals surface area contributed by atoms with E-state index in [9.17, 15) is 38.4 Å². The fraction of sp³-hybridized carbons (Fsp3) is 0.533. The third-order valence-electron chi connectivity index (χ3n) is 16.4. The van der Waals surface area contributed by atoms with E-state index in [1.807, 2.05) is 92.7 Å². The second-order valence-corrected chi connectivity index (χ2v) is 22.7. The second-order valence-electron chi connectivity index (χ2n) is 22.7. The lowest BCUT2D eigenvalue weighted by Gasteiger charge is -2.28. The van der Waals surface area contributed by atoms with Gasteiger partial charge in [0.15, 0.2) is 0 Å². The van der Waals surface area contributed by atoms with Crippen molar-refractivity contribution in [2.75, 3.05) is 19.6 Å². The molecule has 0 spiro atoms. The maximum atomic E-state index is 14.1. The van der Waals surface area contributed by atoms with Crippen molar-refractivity contribution in [1.82, 2.24) is 42.5 Å². The molecule has 0 radical (unpaired) electrons. The van der Waals surface area contributed by atoms with Crippen molar-refractivity contribution >= 4 is 68.8 Å². The molecular formula is C60H79N9O8. The number of hydrogen-bond donors (Lipinski definition) is 9. The summed E-state index contributed by atoms with van der Waals surface area (Å²) in [7, 11) is 0. The van der Waals surface area contributed by atoms with Crippen LogP contribution in [0.2, 0.25) is 0 Å². The Labute approximate surface area is 451 Å². The van der Waals surface area contributed by atoms with Crippen molar-refractivity contribution in [1.29, 1.82) is 0 Å². The minimum atomic E-state index is -0.606. The van der Waals surface area contributed by atoms with E-state index in [1.54, 1.807) is 0 Å². The molecule has 4 aromatic rings. The number of fused-ring (bicyclic) bond motifs is 2. The Balaban J connectivity index is 0.841. The quantitative estimate of drug-likeness (QED) is 0.0511. The van der Waals surface area contributed by atoms with E-state index in [-0.39, 0.29) is 72.7 Å². The van der Waals surface area contributed by atoms with Gasteiger partial charge in [0.1, 0.15) is 0 Å². The minimum Gasteiger partial charge on any atom is -0.370 e. The Morgan fingerprint density at radius 3 is 1.83 bits per heavy atom. The van der Waals surface area contributed by atoms with Crippen LogP contribution in [0.1, 0.15) is 109 Å². The number of nitrogens with two attached hydrogens (primary N) is 1. The minimum absolute atomic E-state index is 0.00583. The van der Waals surface area contributed by atoms with E-state index in [0.717, 1.165) is 51.9 Å². The van der Waals surface area contributed by atoms with Crippen LogP contribution in [-0.2, 0) is 51.2 Å². The van der Waals surface area contributed by atoms with Crippen LogP contribution in [0.5, 0.6) is 0 Å². The number of primary amides is 1. The Bertz CT molecular complexity index is 2780. The number of hydrogen-bond acceptors (Lipinski definition) is 9. The van der Waals surface area contributed by atoms with Crippen LogP contribution in [0.3, 0.4) is 0 Å². The van der Waals surface area contributed by atoms with E-state index in [4.69, 9.17) is 5.73 Å². The van der Waals surface area contributed by atoms with Gasteiger partial charge in [-0.2, -0.15) is 0 Å². The summed E-state index contributed by atoms with van der Waals surface area (Å²) in [6.45, 7) is 6.25. The smallest absolute Gasteiger partial charge is 0.226 e. The van der Waals surface area contributed by atoms with E-state index >= 15 is 0 Å². The average molecular weight is 1050 g/mol. The Kier molecular flexibility index (Phi) is 19.3. The fourth-order valence-electron chi connectivity index (χ4n) is 12.6. The maximum Gasteiger partial charge on any atom is 0.226 e. The van der Waals surface area contributed by atoms with Crippen LogP contribution in [0, 0.1) is 35.5 Å². The molecule has 1 heterocycles. The van der Waals surface area contributed by atoms with E-state index in [1.165, 1.54) is 6.92 Å². The van der Waals surface area contributed by atoms with Gasteiger partial charge in [0.25, 0.3) is 0 Å². The van der Waals surface area contributed by atoms with Crippen LogP contribution in [-0.4, -0.2) is 103 Å². The number of carbonyl (C=O) groups excluding carboxylic acids is 8. The van der Waals surface area contributed by atoms with Gasteiger partial charge < -0.3 is 48.3 Å². The summed E-state index contributed by atoms with van der Waals surface area (Å²) < 4.78 is 0. The molecule has 1 aliphatic heterocycles. The molecule has 3 saturated carbocycles. The molecular weight excluding hydrogens is 975 g/mol. The Morgan fingerprint density at radius 1 is 0.571 bits per heavy atom. The summed E-state index contributed by atoms with van der Waals surface area (Å²) in [6.07, 6.45) is 7.27. The molecule has 8 rings (SSSR count). The van der Waals surface area contributed by atoms with Gasteiger partial charge in [0.2, 0.25) is 47.3 Å². The highest BCUT2D eigenvalue weighted by Crippen LogP contribution is 2.30. The standard InChI is InChI=1S/C60H79N9O8/c1-35(2)26-42(56(73)68-52-23-11-20-48(52)59(76)66-44(30-54(61)71)29-41-16-8-15-39-13-6-7-17-45(39)41)32-63-57(74)49-33-62-34-53(49)69-60(77)47-19-10-22-51(47)67-55(72)31-43(28-37-24-25-38-12-4-5-14-40(38)27-37)65-58(75)46-18-9-21-50(46)64-36(3)70/h4-8,12-17,24-25,27,35,42-44,46-53,62H,9-11,18-23,26,28-34H2,1-3H3,(H2,61,71)(H,63,74)(H,64,70)(H,65,75)(H,66,76)(H,67,72)(H,68,73)(H,69,77)/t42-,43-,44-,46-,47-,48-,49-,50-,51-,52-,53-/m0/s1. The van der Waals surface area contributed by atoms with Crippen molar-refractivity contribution in [3.63, 3.8) is 0 Å². The van der Waals surface area contributed by atoms with E-state index in [2.05, 4.69) is 48.6 Å². The highest BCUT2D eigenvalue weighted by molar-refractivity contribution is 5.89. The molecule has 3 aliphatic carbocycles. The average Bonchev–Trinajstić information content (AvgIpc) is 4.24. The SMILES string of the molecule is CC(=O)N[C@H]1CCC[C@@H]1C(=O)N[C@H](CC(=O)N[C@H]1CCC[C@@H]1C(=O)N[C@H]1CNC[C@@H]1C(=O)NC[C@H](CC(C)C)C(=O)N[C@H]1CCC[C@@H]1C(=O)N[C@H](CC(N)=O)Cc1cccc2ccccc12)Cc1ccc2ccccc2c1. The Morgan fingerprint density at radius 2 is 1.17 bits per heavy atom. The van der Waals surface area contributed by atoms with Crippen LogP contribution in [0.4, 0.5) is 0 Å². The molecule has 8 amide bonds. The van der Waals surface area contributed by atoms with Gasteiger partial charge in [0, 0.05) is 69.6 Å². The second kappa shape index (κ2) is 26.4. The predicted molar refractivity (Wildman–Crippen MR) is 295 cm³/mol. The summed E-state index contributed by atoms with van der Waals surface area (Å²) in [5.74, 6) is -4.67. The molecule has 0 aromatic heterocycles. The van der Waals surface area contributed by atoms with Crippen molar-refractivity contribution in [2.45, 2.75) is 147 Å². The van der Waals surface area contributed by atoms with Gasteiger partial charge in [-0.15, -0.1) is 0 Å². The molecule has 4 fully saturated rings. The monoisotopic (exact) mass is 1050 g/mol.